The van der Waals surface area contributed by atoms with Gasteiger partial charge in [-0.3, -0.25) is 4.79 Å². The van der Waals surface area contributed by atoms with E-state index in [4.69, 9.17) is 0 Å². The summed E-state index contributed by atoms with van der Waals surface area (Å²) in [4.78, 5) is 15.0. The monoisotopic (exact) mass is 403 g/mol. The van der Waals surface area contributed by atoms with Crippen LogP contribution in [0.25, 0.3) is 11.4 Å². The number of benzene rings is 2. The maximum Gasteiger partial charge on any atom is 0.246 e. The van der Waals surface area contributed by atoms with Crippen molar-refractivity contribution in [3.63, 3.8) is 0 Å². The number of hydrogen-bond acceptors (Lipinski definition) is 4. The van der Waals surface area contributed by atoms with Crippen molar-refractivity contribution >= 4 is 21.8 Å². The normalized spacial score (nSPS) is 10.7. The van der Waals surface area contributed by atoms with Crippen molar-refractivity contribution < 1.29 is 9.18 Å². The largest absolute Gasteiger partial charge is 0.340 e. The molecule has 0 fully saturated rings. The maximum absolute atomic E-state index is 13.2. The summed E-state index contributed by atoms with van der Waals surface area (Å²) in [7, 11) is 1.65. The van der Waals surface area contributed by atoms with Crippen LogP contribution >= 0.6 is 15.9 Å². The lowest BCUT2D eigenvalue weighted by molar-refractivity contribution is -0.131. The van der Waals surface area contributed by atoms with Crippen LogP contribution in [0.15, 0.2) is 53.0 Å². The molecule has 0 aliphatic carbocycles. The van der Waals surface area contributed by atoms with Crippen molar-refractivity contribution in [3.05, 3.63) is 64.4 Å². The Bertz CT molecular complexity index is 881. The Balaban J connectivity index is 1.64. The SMILES string of the molecule is CN(Cc1cccc(F)c1)C(=O)Cn1nnc(-c2ccc(Br)cc2)n1. The van der Waals surface area contributed by atoms with Gasteiger partial charge in [0.2, 0.25) is 11.7 Å². The highest BCUT2D eigenvalue weighted by molar-refractivity contribution is 9.10. The topological polar surface area (TPSA) is 63.9 Å². The van der Waals surface area contributed by atoms with Gasteiger partial charge in [-0.2, -0.15) is 4.80 Å². The minimum Gasteiger partial charge on any atom is -0.340 e. The molecular weight excluding hydrogens is 389 g/mol. The van der Waals surface area contributed by atoms with E-state index in [0.717, 1.165) is 15.6 Å². The molecule has 0 unspecified atom stereocenters. The zero-order valence-corrected chi connectivity index (χ0v) is 15.0. The second kappa shape index (κ2) is 7.52. The Labute approximate surface area is 152 Å². The van der Waals surface area contributed by atoms with E-state index in [1.54, 1.807) is 19.2 Å². The van der Waals surface area contributed by atoms with E-state index in [-0.39, 0.29) is 18.3 Å². The molecule has 0 atom stereocenters. The van der Waals surface area contributed by atoms with Crippen LogP contribution in [0, 0.1) is 5.82 Å². The summed E-state index contributed by atoms with van der Waals surface area (Å²) in [6, 6.07) is 13.7. The second-order valence-electron chi connectivity index (χ2n) is 5.53. The van der Waals surface area contributed by atoms with Crippen molar-refractivity contribution in [2.75, 3.05) is 7.05 Å². The van der Waals surface area contributed by atoms with Gasteiger partial charge in [0.05, 0.1) is 0 Å². The van der Waals surface area contributed by atoms with E-state index in [2.05, 4.69) is 31.3 Å². The molecule has 0 N–H and O–H groups in total. The zero-order chi connectivity index (χ0) is 17.8. The lowest BCUT2D eigenvalue weighted by Gasteiger charge is -2.16. The molecule has 128 valence electrons. The van der Waals surface area contributed by atoms with Crippen LogP contribution in [0.2, 0.25) is 0 Å². The molecule has 0 saturated carbocycles. The van der Waals surface area contributed by atoms with Gasteiger partial charge in [-0.25, -0.2) is 4.39 Å². The molecule has 8 heteroatoms. The van der Waals surface area contributed by atoms with Crippen LogP contribution in [0.3, 0.4) is 0 Å². The van der Waals surface area contributed by atoms with Gasteiger partial charge < -0.3 is 4.90 Å². The molecule has 0 spiro atoms. The molecule has 0 aliphatic rings. The number of tetrazole rings is 1. The minimum absolute atomic E-state index is 0.0324. The Morgan fingerprint density at radius 1 is 1.24 bits per heavy atom. The standard InChI is InChI=1S/C17H15BrFN5O/c1-23(10-12-3-2-4-15(19)9-12)16(25)11-24-21-17(20-22-24)13-5-7-14(18)8-6-13/h2-9H,10-11H2,1H3. The highest BCUT2D eigenvalue weighted by Gasteiger charge is 2.13. The Morgan fingerprint density at radius 3 is 2.72 bits per heavy atom. The summed E-state index contributed by atoms with van der Waals surface area (Å²) in [5.74, 6) is -0.0625. The Morgan fingerprint density at radius 2 is 2.00 bits per heavy atom. The fourth-order valence-electron chi connectivity index (χ4n) is 2.26. The number of likely N-dealkylation sites (N-methyl/N-ethyl adjacent to an activating group) is 1. The molecule has 6 nitrogen and oxygen atoms in total. The average molecular weight is 404 g/mol. The molecule has 1 aromatic heterocycles. The quantitative estimate of drug-likeness (QED) is 0.656. The van der Waals surface area contributed by atoms with Crippen molar-refractivity contribution in [1.29, 1.82) is 0 Å². The first-order valence-corrected chi connectivity index (χ1v) is 8.33. The van der Waals surface area contributed by atoms with Gasteiger partial charge in [0.1, 0.15) is 12.4 Å². The maximum atomic E-state index is 13.2. The Kier molecular flexibility index (Phi) is 5.18. The second-order valence-corrected chi connectivity index (χ2v) is 6.45. The van der Waals surface area contributed by atoms with Crippen molar-refractivity contribution in [2.45, 2.75) is 13.1 Å². The molecule has 0 aliphatic heterocycles. The fourth-order valence-corrected chi connectivity index (χ4v) is 2.53. The molecular formula is C17H15BrFN5O. The van der Waals surface area contributed by atoms with Crippen LogP contribution in [0.1, 0.15) is 5.56 Å². The van der Waals surface area contributed by atoms with Gasteiger partial charge >= 0.3 is 0 Å². The summed E-state index contributed by atoms with van der Waals surface area (Å²) in [5, 5.41) is 12.1. The summed E-state index contributed by atoms with van der Waals surface area (Å²) in [6.45, 7) is 0.278. The third kappa shape index (κ3) is 4.48. The highest BCUT2D eigenvalue weighted by atomic mass is 79.9. The van der Waals surface area contributed by atoms with Crippen molar-refractivity contribution in [1.82, 2.24) is 25.1 Å². The van der Waals surface area contributed by atoms with Crippen LogP contribution < -0.4 is 0 Å². The van der Waals surface area contributed by atoms with Crippen molar-refractivity contribution in [3.8, 4) is 11.4 Å². The average Bonchev–Trinajstić information content (AvgIpc) is 3.04. The minimum atomic E-state index is -0.324. The molecule has 1 amide bonds. The van der Waals surface area contributed by atoms with E-state index in [0.29, 0.717) is 12.4 Å². The van der Waals surface area contributed by atoms with E-state index in [1.165, 1.54) is 21.8 Å². The van der Waals surface area contributed by atoms with Gasteiger partial charge in [-0.05, 0) is 47.2 Å². The van der Waals surface area contributed by atoms with Gasteiger partial charge in [0.15, 0.2) is 0 Å². The van der Waals surface area contributed by atoms with Crippen molar-refractivity contribution in [2.24, 2.45) is 0 Å². The number of nitrogens with zero attached hydrogens (tertiary/aromatic N) is 5. The number of carbonyl (C=O) groups excluding carboxylic acids is 1. The fraction of sp³-hybridized carbons (Fsp3) is 0.176. The molecule has 2 aromatic carbocycles. The number of halogens is 2. The zero-order valence-electron chi connectivity index (χ0n) is 13.4. The van der Waals surface area contributed by atoms with Crippen LogP contribution in [-0.2, 0) is 17.9 Å². The van der Waals surface area contributed by atoms with Crippen LogP contribution in [0.5, 0.6) is 0 Å². The van der Waals surface area contributed by atoms with Crippen LogP contribution in [-0.4, -0.2) is 38.1 Å². The summed E-state index contributed by atoms with van der Waals surface area (Å²) < 4.78 is 14.2. The predicted molar refractivity (Wildman–Crippen MR) is 93.8 cm³/mol. The first-order valence-electron chi connectivity index (χ1n) is 7.53. The van der Waals surface area contributed by atoms with E-state index in [1.807, 2.05) is 24.3 Å². The number of aromatic nitrogens is 4. The third-order valence-electron chi connectivity index (χ3n) is 3.57. The molecule has 3 aromatic rings. The summed E-state index contributed by atoms with van der Waals surface area (Å²) in [5.41, 5.74) is 1.54. The van der Waals surface area contributed by atoms with Gasteiger partial charge in [-0.15, -0.1) is 10.2 Å². The smallest absolute Gasteiger partial charge is 0.246 e. The van der Waals surface area contributed by atoms with Gasteiger partial charge in [0, 0.05) is 23.6 Å². The first-order chi connectivity index (χ1) is 12.0. The highest BCUT2D eigenvalue weighted by Crippen LogP contribution is 2.17. The number of hydrogen-bond donors (Lipinski definition) is 0. The van der Waals surface area contributed by atoms with E-state index >= 15 is 0 Å². The first kappa shape index (κ1) is 17.2. The molecule has 0 saturated heterocycles. The summed E-state index contributed by atoms with van der Waals surface area (Å²) in [6.07, 6.45) is 0. The lowest BCUT2D eigenvalue weighted by atomic mass is 10.2. The van der Waals surface area contributed by atoms with Gasteiger partial charge in [0.25, 0.3) is 0 Å². The molecule has 0 radical (unpaired) electrons. The number of amides is 1. The Hall–Kier alpha value is -2.61. The molecule has 1 heterocycles. The molecule has 3 rings (SSSR count). The lowest BCUT2D eigenvalue weighted by Crippen LogP contribution is -2.30. The molecule has 0 bridgehead atoms. The van der Waals surface area contributed by atoms with E-state index in [9.17, 15) is 9.18 Å². The third-order valence-corrected chi connectivity index (χ3v) is 4.10. The molecule has 25 heavy (non-hydrogen) atoms. The van der Waals surface area contributed by atoms with Gasteiger partial charge in [-0.1, -0.05) is 28.1 Å². The number of carbonyl (C=O) groups is 1. The summed E-state index contributed by atoms with van der Waals surface area (Å²) >= 11 is 3.37. The predicted octanol–water partition coefficient (Wildman–Crippen LogP) is 2.90. The van der Waals surface area contributed by atoms with E-state index < -0.39 is 0 Å². The van der Waals surface area contributed by atoms with Crippen LogP contribution in [0.4, 0.5) is 4.39 Å². The number of rotatable bonds is 5.